The van der Waals surface area contributed by atoms with Gasteiger partial charge in [0.25, 0.3) is 0 Å². The maximum Gasteiger partial charge on any atom is 0.0410 e. The molecule has 1 aliphatic rings. The zero-order chi connectivity index (χ0) is 14.7. The molecule has 1 aromatic carbocycles. The van der Waals surface area contributed by atoms with Gasteiger partial charge in [0, 0.05) is 36.9 Å². The Labute approximate surface area is 127 Å². The van der Waals surface area contributed by atoms with Crippen LogP contribution in [0.3, 0.4) is 0 Å². The molecule has 0 aliphatic carbocycles. The highest BCUT2D eigenvalue weighted by molar-refractivity contribution is 6.30. The Morgan fingerprint density at radius 1 is 1.50 bits per heavy atom. The molecule has 4 heteroatoms. The van der Waals surface area contributed by atoms with Gasteiger partial charge >= 0.3 is 0 Å². The number of halogens is 1. The molecule has 0 bridgehead atoms. The maximum atomic E-state index is 6.13. The lowest BCUT2D eigenvalue weighted by Crippen LogP contribution is -2.28. The third-order valence-electron chi connectivity index (χ3n) is 4.02. The molecule has 1 aliphatic heterocycles. The number of benzene rings is 1. The van der Waals surface area contributed by atoms with Crippen molar-refractivity contribution >= 4 is 17.3 Å². The van der Waals surface area contributed by atoms with Gasteiger partial charge < -0.3 is 15.5 Å². The molecule has 1 heterocycles. The predicted molar refractivity (Wildman–Crippen MR) is 87.7 cm³/mol. The number of nitrogens with zero attached hydrogens (tertiary/aromatic N) is 2. The highest BCUT2D eigenvalue weighted by Gasteiger charge is 2.21. The van der Waals surface area contributed by atoms with Gasteiger partial charge in [0.2, 0.25) is 0 Å². The zero-order valence-corrected chi connectivity index (χ0v) is 13.5. The van der Waals surface area contributed by atoms with E-state index in [1.165, 1.54) is 30.8 Å². The van der Waals surface area contributed by atoms with Crippen molar-refractivity contribution in [1.29, 1.82) is 0 Å². The molecule has 112 valence electrons. The summed E-state index contributed by atoms with van der Waals surface area (Å²) in [7, 11) is 4.37. The maximum absolute atomic E-state index is 6.13. The van der Waals surface area contributed by atoms with Crippen LogP contribution in [0.15, 0.2) is 18.2 Å². The fourth-order valence-electron chi connectivity index (χ4n) is 3.10. The van der Waals surface area contributed by atoms with E-state index in [-0.39, 0.29) is 6.04 Å². The van der Waals surface area contributed by atoms with E-state index in [1.54, 1.807) is 0 Å². The topological polar surface area (TPSA) is 32.5 Å². The lowest BCUT2D eigenvalue weighted by molar-refractivity contribution is 0.396. The second-order valence-corrected chi connectivity index (χ2v) is 6.69. The van der Waals surface area contributed by atoms with Crippen LogP contribution in [-0.2, 0) is 6.42 Å². The Balaban J connectivity index is 2.09. The monoisotopic (exact) mass is 295 g/mol. The first kappa shape index (κ1) is 15.6. The highest BCUT2D eigenvalue weighted by Crippen LogP contribution is 2.26. The molecule has 2 rings (SSSR count). The summed E-state index contributed by atoms with van der Waals surface area (Å²) in [6, 6.07) is 6.30. The van der Waals surface area contributed by atoms with Gasteiger partial charge in [-0.3, -0.25) is 0 Å². The van der Waals surface area contributed by atoms with Crippen LogP contribution in [0.1, 0.15) is 18.9 Å². The van der Waals surface area contributed by atoms with Crippen molar-refractivity contribution < 1.29 is 0 Å². The minimum atomic E-state index is 0.151. The van der Waals surface area contributed by atoms with E-state index in [4.69, 9.17) is 17.3 Å². The highest BCUT2D eigenvalue weighted by atomic mass is 35.5. The fourth-order valence-corrected chi connectivity index (χ4v) is 3.29. The van der Waals surface area contributed by atoms with Gasteiger partial charge in [-0.15, -0.1) is 0 Å². The smallest absolute Gasteiger partial charge is 0.0410 e. The molecule has 3 nitrogen and oxygen atoms in total. The summed E-state index contributed by atoms with van der Waals surface area (Å²) >= 11 is 6.13. The summed E-state index contributed by atoms with van der Waals surface area (Å²) in [4.78, 5) is 4.76. The lowest BCUT2D eigenvalue weighted by Gasteiger charge is -2.26. The Bertz CT molecular complexity index is 447. The van der Waals surface area contributed by atoms with E-state index < -0.39 is 0 Å². The SMILES string of the molecule is CC(N)Cc1cc(Cl)ccc1N(C)CC1CCN(C)C1. The number of anilines is 1. The van der Waals surface area contributed by atoms with Gasteiger partial charge in [0.15, 0.2) is 0 Å². The Morgan fingerprint density at radius 3 is 2.85 bits per heavy atom. The number of rotatable bonds is 5. The van der Waals surface area contributed by atoms with Crippen LogP contribution >= 0.6 is 11.6 Å². The molecule has 0 spiro atoms. The molecule has 2 N–H and O–H groups in total. The van der Waals surface area contributed by atoms with Crippen LogP contribution in [0.5, 0.6) is 0 Å². The largest absolute Gasteiger partial charge is 0.374 e. The first-order chi connectivity index (χ1) is 9.45. The van der Waals surface area contributed by atoms with Gasteiger partial charge in [-0.2, -0.15) is 0 Å². The molecule has 1 saturated heterocycles. The normalized spacial score (nSPS) is 21.1. The molecule has 0 amide bonds. The van der Waals surface area contributed by atoms with Crippen molar-refractivity contribution in [3.63, 3.8) is 0 Å². The van der Waals surface area contributed by atoms with Crippen molar-refractivity contribution in [1.82, 2.24) is 4.90 Å². The van der Waals surface area contributed by atoms with Crippen molar-refractivity contribution in [2.75, 3.05) is 38.6 Å². The van der Waals surface area contributed by atoms with E-state index in [0.29, 0.717) is 0 Å². The summed E-state index contributed by atoms with van der Waals surface area (Å²) < 4.78 is 0. The fraction of sp³-hybridized carbons (Fsp3) is 0.625. The summed E-state index contributed by atoms with van der Waals surface area (Å²) in [6.45, 7) is 5.54. The van der Waals surface area contributed by atoms with Gasteiger partial charge in [0.1, 0.15) is 0 Å². The van der Waals surface area contributed by atoms with Crippen molar-refractivity contribution in [3.8, 4) is 0 Å². The van der Waals surface area contributed by atoms with E-state index in [1.807, 2.05) is 13.0 Å². The minimum absolute atomic E-state index is 0.151. The molecule has 2 unspecified atom stereocenters. The van der Waals surface area contributed by atoms with E-state index >= 15 is 0 Å². The van der Waals surface area contributed by atoms with Gasteiger partial charge in [0.05, 0.1) is 0 Å². The summed E-state index contributed by atoms with van der Waals surface area (Å²) in [5.41, 5.74) is 8.47. The minimum Gasteiger partial charge on any atom is -0.374 e. The molecule has 0 radical (unpaired) electrons. The average Bonchev–Trinajstić information content (AvgIpc) is 2.73. The van der Waals surface area contributed by atoms with Crippen LogP contribution in [0.2, 0.25) is 5.02 Å². The quantitative estimate of drug-likeness (QED) is 0.906. The standard InChI is InChI=1S/C16H26ClN3/c1-12(18)8-14-9-15(17)4-5-16(14)20(3)11-13-6-7-19(2)10-13/h4-5,9,12-13H,6-8,10-11,18H2,1-3H3. The van der Waals surface area contributed by atoms with Crippen LogP contribution in [0.25, 0.3) is 0 Å². The van der Waals surface area contributed by atoms with Gasteiger partial charge in [-0.25, -0.2) is 0 Å². The summed E-state index contributed by atoms with van der Waals surface area (Å²) in [5.74, 6) is 0.754. The van der Waals surface area contributed by atoms with E-state index in [2.05, 4.69) is 36.0 Å². The van der Waals surface area contributed by atoms with Crippen LogP contribution in [0, 0.1) is 5.92 Å². The third-order valence-corrected chi connectivity index (χ3v) is 4.25. The number of hydrogen-bond acceptors (Lipinski definition) is 3. The van der Waals surface area contributed by atoms with Crippen molar-refractivity contribution in [2.45, 2.75) is 25.8 Å². The average molecular weight is 296 g/mol. The van der Waals surface area contributed by atoms with Gasteiger partial charge in [-0.1, -0.05) is 11.6 Å². The number of nitrogens with two attached hydrogens (primary N) is 1. The molecule has 2 atom stereocenters. The molecule has 1 aromatic rings. The van der Waals surface area contributed by atoms with Crippen LogP contribution in [-0.4, -0.2) is 44.7 Å². The van der Waals surface area contributed by atoms with Gasteiger partial charge in [-0.05, 0) is 63.0 Å². The summed E-state index contributed by atoms with van der Waals surface area (Å²) in [5, 5.41) is 0.790. The molecular formula is C16H26ClN3. The van der Waals surface area contributed by atoms with Crippen LogP contribution < -0.4 is 10.6 Å². The Morgan fingerprint density at radius 2 is 2.25 bits per heavy atom. The lowest BCUT2D eigenvalue weighted by atomic mass is 10.0. The Hall–Kier alpha value is -0.770. The second kappa shape index (κ2) is 6.79. The van der Waals surface area contributed by atoms with Crippen molar-refractivity contribution in [2.24, 2.45) is 11.7 Å². The first-order valence-electron chi connectivity index (χ1n) is 7.39. The molecule has 20 heavy (non-hydrogen) atoms. The van der Waals surface area contributed by atoms with Crippen LogP contribution in [0.4, 0.5) is 5.69 Å². The van der Waals surface area contributed by atoms with E-state index in [9.17, 15) is 0 Å². The molecule has 0 aromatic heterocycles. The molecular weight excluding hydrogens is 270 g/mol. The Kier molecular flexibility index (Phi) is 5.30. The van der Waals surface area contributed by atoms with Crippen molar-refractivity contribution in [3.05, 3.63) is 28.8 Å². The predicted octanol–water partition coefficient (Wildman–Crippen LogP) is 2.62. The third kappa shape index (κ3) is 4.11. The number of hydrogen-bond donors (Lipinski definition) is 1. The molecule has 1 fully saturated rings. The summed E-state index contributed by atoms with van der Waals surface area (Å²) in [6.07, 6.45) is 2.15. The second-order valence-electron chi connectivity index (χ2n) is 6.25. The molecule has 0 saturated carbocycles. The van der Waals surface area contributed by atoms with E-state index in [0.717, 1.165) is 23.9 Å². The zero-order valence-electron chi connectivity index (χ0n) is 12.8. The first-order valence-corrected chi connectivity index (χ1v) is 7.77. The number of likely N-dealkylation sites (tertiary alicyclic amines) is 1.